The first-order valence-electron chi connectivity index (χ1n) is 9.52. The molecule has 0 aliphatic carbocycles. The lowest BCUT2D eigenvalue weighted by Gasteiger charge is -2.22. The number of nitrogens with one attached hydrogen (secondary N) is 2. The highest BCUT2D eigenvalue weighted by Gasteiger charge is 2.23. The van der Waals surface area contributed by atoms with Crippen molar-refractivity contribution >= 4 is 23.6 Å². The van der Waals surface area contributed by atoms with Gasteiger partial charge in [-0.15, -0.1) is 0 Å². The molecule has 2 amide bonds. The van der Waals surface area contributed by atoms with Crippen molar-refractivity contribution in [3.05, 3.63) is 52.5 Å². The summed E-state index contributed by atoms with van der Waals surface area (Å²) >= 11 is 6.26. The third kappa shape index (κ3) is 6.18. The molecule has 168 valence electrons. The van der Waals surface area contributed by atoms with E-state index in [0.717, 1.165) is 5.56 Å². The zero-order valence-electron chi connectivity index (χ0n) is 18.2. The largest absolute Gasteiger partial charge is 0.493 e. The number of carbonyl (C=O) groups excluding carboxylic acids is 2. The number of benzene rings is 2. The van der Waals surface area contributed by atoms with E-state index in [2.05, 4.69) is 10.6 Å². The van der Waals surface area contributed by atoms with Crippen LogP contribution in [0.1, 0.15) is 36.6 Å². The molecule has 0 saturated heterocycles. The normalized spacial score (nSPS) is 12.3. The Morgan fingerprint density at radius 1 is 0.968 bits per heavy atom. The van der Waals surface area contributed by atoms with Crippen molar-refractivity contribution in [2.24, 2.45) is 0 Å². The van der Waals surface area contributed by atoms with E-state index in [0.29, 0.717) is 27.8 Å². The van der Waals surface area contributed by atoms with Crippen molar-refractivity contribution in [3.8, 4) is 17.2 Å². The van der Waals surface area contributed by atoms with Gasteiger partial charge in [0.15, 0.2) is 11.5 Å². The summed E-state index contributed by atoms with van der Waals surface area (Å²) in [6.07, 6.45) is -0.0633. The summed E-state index contributed by atoms with van der Waals surface area (Å²) in [6, 6.07) is 8.97. The zero-order valence-corrected chi connectivity index (χ0v) is 18.9. The van der Waals surface area contributed by atoms with Crippen LogP contribution in [0.2, 0.25) is 5.02 Å². The van der Waals surface area contributed by atoms with Crippen LogP contribution in [-0.2, 0) is 9.53 Å². The number of carbonyl (C=O) groups is 2. The standard InChI is InChI=1S/C22H27ClN2O6/c1-13(14-10-18(28-2)21(31-5)19(11-14)29-3)24-22(27)25-17(12-20(26)30-4)15-8-6-7-9-16(15)23/h6-11,13,17H,12H2,1-5H3,(H2,24,25,27). The Kier molecular flexibility index (Phi) is 8.81. The second-order valence-corrected chi connectivity index (χ2v) is 7.06. The van der Waals surface area contributed by atoms with Gasteiger partial charge in [0.05, 0.1) is 46.9 Å². The average molecular weight is 451 g/mol. The highest BCUT2D eigenvalue weighted by atomic mass is 35.5. The predicted molar refractivity (Wildman–Crippen MR) is 117 cm³/mol. The molecule has 0 aliphatic heterocycles. The van der Waals surface area contributed by atoms with Crippen LogP contribution in [0.4, 0.5) is 4.79 Å². The van der Waals surface area contributed by atoms with Crippen LogP contribution in [0.25, 0.3) is 0 Å². The molecule has 2 unspecified atom stereocenters. The SMILES string of the molecule is COC(=O)CC(NC(=O)NC(C)c1cc(OC)c(OC)c(OC)c1)c1ccccc1Cl. The van der Waals surface area contributed by atoms with Crippen LogP contribution in [0.5, 0.6) is 17.2 Å². The van der Waals surface area contributed by atoms with Crippen LogP contribution < -0.4 is 24.8 Å². The van der Waals surface area contributed by atoms with Crippen molar-refractivity contribution in [2.75, 3.05) is 28.4 Å². The number of hydrogen-bond donors (Lipinski definition) is 2. The third-order valence-electron chi connectivity index (χ3n) is 4.72. The molecule has 8 nitrogen and oxygen atoms in total. The molecule has 2 aromatic rings. The van der Waals surface area contributed by atoms with Gasteiger partial charge in [-0.3, -0.25) is 4.79 Å². The maximum atomic E-state index is 12.7. The van der Waals surface area contributed by atoms with E-state index < -0.39 is 24.1 Å². The van der Waals surface area contributed by atoms with E-state index in [1.165, 1.54) is 28.4 Å². The molecule has 2 atom stereocenters. The van der Waals surface area contributed by atoms with Crippen molar-refractivity contribution in [2.45, 2.75) is 25.4 Å². The molecule has 9 heteroatoms. The first-order chi connectivity index (χ1) is 14.8. The number of methoxy groups -OCH3 is 4. The minimum Gasteiger partial charge on any atom is -0.493 e. The minimum atomic E-state index is -0.659. The fraction of sp³-hybridized carbons (Fsp3) is 0.364. The summed E-state index contributed by atoms with van der Waals surface area (Å²) in [5.41, 5.74) is 1.36. The second-order valence-electron chi connectivity index (χ2n) is 6.65. The fourth-order valence-corrected chi connectivity index (χ4v) is 3.35. The van der Waals surface area contributed by atoms with E-state index in [4.69, 9.17) is 30.5 Å². The van der Waals surface area contributed by atoms with E-state index in [-0.39, 0.29) is 6.42 Å². The molecule has 0 saturated carbocycles. The van der Waals surface area contributed by atoms with Crippen LogP contribution in [0.15, 0.2) is 36.4 Å². The molecule has 0 fully saturated rings. The van der Waals surface area contributed by atoms with Gasteiger partial charge < -0.3 is 29.6 Å². The van der Waals surface area contributed by atoms with Gasteiger partial charge in [-0.2, -0.15) is 0 Å². The monoisotopic (exact) mass is 450 g/mol. The maximum absolute atomic E-state index is 12.7. The van der Waals surface area contributed by atoms with Gasteiger partial charge in [-0.1, -0.05) is 29.8 Å². The number of ether oxygens (including phenoxy) is 4. The van der Waals surface area contributed by atoms with E-state index >= 15 is 0 Å². The quantitative estimate of drug-likeness (QED) is 0.560. The van der Waals surface area contributed by atoms with Crippen molar-refractivity contribution in [3.63, 3.8) is 0 Å². The number of urea groups is 1. The first kappa shape index (κ1) is 24.1. The van der Waals surface area contributed by atoms with Gasteiger partial charge in [0.25, 0.3) is 0 Å². The summed E-state index contributed by atoms with van der Waals surface area (Å²) in [7, 11) is 5.85. The number of esters is 1. The Morgan fingerprint density at radius 2 is 1.58 bits per heavy atom. The van der Waals surface area contributed by atoms with Gasteiger partial charge in [-0.25, -0.2) is 4.79 Å². The molecule has 0 aliphatic rings. The predicted octanol–water partition coefficient (Wildman–Crippen LogP) is 4.03. The number of halogens is 1. The molecule has 0 spiro atoms. The number of hydrogen-bond acceptors (Lipinski definition) is 6. The van der Waals surface area contributed by atoms with Gasteiger partial charge in [0.2, 0.25) is 5.75 Å². The molecule has 0 bridgehead atoms. The molecule has 31 heavy (non-hydrogen) atoms. The molecule has 2 rings (SSSR count). The molecule has 0 radical (unpaired) electrons. The van der Waals surface area contributed by atoms with Gasteiger partial charge in [0.1, 0.15) is 0 Å². The number of rotatable bonds is 9. The van der Waals surface area contributed by atoms with E-state index in [1.807, 2.05) is 6.92 Å². The van der Waals surface area contributed by atoms with Crippen molar-refractivity contribution < 1.29 is 28.5 Å². The van der Waals surface area contributed by atoms with Crippen LogP contribution >= 0.6 is 11.6 Å². The molecular weight excluding hydrogens is 424 g/mol. The van der Waals surface area contributed by atoms with Gasteiger partial charge >= 0.3 is 12.0 Å². The molecule has 0 heterocycles. The Bertz CT molecular complexity index is 896. The first-order valence-corrected chi connectivity index (χ1v) is 9.90. The molecule has 2 N–H and O–H groups in total. The Balaban J connectivity index is 2.20. The van der Waals surface area contributed by atoms with Crippen molar-refractivity contribution in [1.29, 1.82) is 0 Å². The second kappa shape index (κ2) is 11.3. The summed E-state index contributed by atoms with van der Waals surface area (Å²) in [5, 5.41) is 6.09. The molecule has 0 aromatic heterocycles. The van der Waals surface area contributed by atoms with Crippen LogP contribution in [-0.4, -0.2) is 40.4 Å². The lowest BCUT2D eigenvalue weighted by molar-refractivity contribution is -0.141. The number of amides is 2. The Morgan fingerprint density at radius 3 is 2.10 bits per heavy atom. The smallest absolute Gasteiger partial charge is 0.315 e. The van der Waals surface area contributed by atoms with E-state index in [1.54, 1.807) is 36.4 Å². The maximum Gasteiger partial charge on any atom is 0.315 e. The van der Waals surface area contributed by atoms with E-state index in [9.17, 15) is 9.59 Å². The van der Waals surface area contributed by atoms with Crippen LogP contribution in [0.3, 0.4) is 0 Å². The summed E-state index contributed by atoms with van der Waals surface area (Å²) < 4.78 is 20.8. The third-order valence-corrected chi connectivity index (χ3v) is 5.06. The lowest BCUT2D eigenvalue weighted by Crippen LogP contribution is -2.40. The molecular formula is C22H27ClN2O6. The topological polar surface area (TPSA) is 95.1 Å². The summed E-state index contributed by atoms with van der Waals surface area (Å²) in [5.74, 6) is 0.946. The highest BCUT2D eigenvalue weighted by molar-refractivity contribution is 6.31. The molecule has 2 aromatic carbocycles. The van der Waals surface area contributed by atoms with Gasteiger partial charge in [-0.05, 0) is 36.2 Å². The zero-order chi connectivity index (χ0) is 23.0. The van der Waals surface area contributed by atoms with Gasteiger partial charge in [0, 0.05) is 5.02 Å². The Hall–Kier alpha value is -3.13. The van der Waals surface area contributed by atoms with Crippen molar-refractivity contribution in [1.82, 2.24) is 10.6 Å². The summed E-state index contributed by atoms with van der Waals surface area (Å²) in [4.78, 5) is 24.6. The lowest BCUT2D eigenvalue weighted by atomic mass is 10.0. The fourth-order valence-electron chi connectivity index (χ4n) is 3.08. The minimum absolute atomic E-state index is 0.0633. The average Bonchev–Trinajstić information content (AvgIpc) is 2.77. The summed E-state index contributed by atoms with van der Waals surface area (Å²) in [6.45, 7) is 1.81. The Labute approximate surface area is 186 Å². The van der Waals surface area contributed by atoms with Crippen LogP contribution in [0, 0.1) is 0 Å². The highest BCUT2D eigenvalue weighted by Crippen LogP contribution is 2.39.